The zero-order valence-electron chi connectivity index (χ0n) is 27.2. The van der Waals surface area contributed by atoms with E-state index >= 15 is 0 Å². The van der Waals surface area contributed by atoms with Gasteiger partial charge in [-0.3, -0.25) is 19.2 Å². The number of carbonyl (C=O) groups excluding carboxylic acids is 4. The van der Waals surface area contributed by atoms with Crippen LogP contribution in [0, 0.1) is 12.8 Å². The van der Waals surface area contributed by atoms with E-state index in [1.54, 1.807) is 17.9 Å². The number of hydrogen-bond donors (Lipinski definition) is 3. The standard InChI is InChI=1S/C33H43N7O6S/c1-22(2)30-31-35-23(3)38-40(31)21-29(42)34-16-10-18-39(33(44)25-13-8-14-26(20-25)47(4,45)46)17-9-15-28(41)36-27(32(43)37-30)19-24-11-6-5-7-12-24/h5-8,11-14,20,22,27,30H,9-10,15-19,21H2,1-4H3,(H,34,42)(H,36,41)(H,37,43)/t27-,30+/m1/s1. The molecule has 0 fully saturated rings. The molecule has 13 nitrogen and oxygen atoms in total. The number of fused-ring (bicyclic) bond motifs is 1. The number of aromatic nitrogens is 3. The molecule has 0 aliphatic carbocycles. The van der Waals surface area contributed by atoms with Crippen molar-refractivity contribution in [3.05, 3.63) is 77.4 Å². The Morgan fingerprint density at radius 1 is 0.979 bits per heavy atom. The van der Waals surface area contributed by atoms with E-state index in [0.717, 1.165) is 11.8 Å². The molecule has 0 unspecified atom stereocenters. The van der Waals surface area contributed by atoms with Crippen molar-refractivity contribution in [2.24, 2.45) is 5.92 Å². The minimum absolute atomic E-state index is 0.0292. The molecule has 4 amide bonds. The fraction of sp³-hybridized carbons (Fsp3) is 0.455. The molecule has 252 valence electrons. The zero-order valence-corrected chi connectivity index (χ0v) is 28.0. The summed E-state index contributed by atoms with van der Waals surface area (Å²) < 4.78 is 25.7. The number of amides is 4. The van der Waals surface area contributed by atoms with Crippen LogP contribution in [0.3, 0.4) is 0 Å². The predicted molar refractivity (Wildman–Crippen MR) is 175 cm³/mol. The number of benzene rings is 2. The number of nitrogens with zero attached hydrogens (tertiary/aromatic N) is 4. The van der Waals surface area contributed by atoms with Crippen molar-refractivity contribution in [3.63, 3.8) is 0 Å². The van der Waals surface area contributed by atoms with Gasteiger partial charge in [-0.15, -0.1) is 0 Å². The first kappa shape index (κ1) is 35.3. The van der Waals surface area contributed by atoms with Gasteiger partial charge in [0.15, 0.2) is 15.7 Å². The second-order valence-corrected chi connectivity index (χ2v) is 14.1. The van der Waals surface area contributed by atoms with Gasteiger partial charge in [-0.2, -0.15) is 5.10 Å². The molecule has 14 heteroatoms. The maximum absolute atomic E-state index is 13.8. The van der Waals surface area contributed by atoms with Crippen molar-refractivity contribution >= 4 is 33.5 Å². The SMILES string of the molecule is Cc1nc2n(n1)CC(=O)NCCCN(C(=O)c1cccc(S(C)(=O)=O)c1)CCCC(=O)N[C@H](Cc1ccccc1)C(=O)N[C@H]2C(C)C. The Morgan fingerprint density at radius 3 is 2.40 bits per heavy atom. The quantitative estimate of drug-likeness (QED) is 0.371. The molecule has 4 rings (SSSR count). The van der Waals surface area contributed by atoms with Crippen LogP contribution in [0.1, 0.15) is 66.7 Å². The molecule has 0 bridgehead atoms. The van der Waals surface area contributed by atoms with E-state index in [2.05, 4.69) is 26.0 Å². The highest BCUT2D eigenvalue weighted by atomic mass is 32.2. The topological polar surface area (TPSA) is 172 Å². The van der Waals surface area contributed by atoms with Crippen LogP contribution in [-0.4, -0.2) is 83.6 Å². The summed E-state index contributed by atoms with van der Waals surface area (Å²) in [4.78, 5) is 59.7. The van der Waals surface area contributed by atoms with Crippen molar-refractivity contribution in [3.8, 4) is 0 Å². The fourth-order valence-electron chi connectivity index (χ4n) is 5.40. The van der Waals surface area contributed by atoms with Crippen molar-refractivity contribution < 1.29 is 27.6 Å². The molecule has 2 aromatic carbocycles. The van der Waals surface area contributed by atoms with Gasteiger partial charge in [0.05, 0.1) is 10.9 Å². The highest BCUT2D eigenvalue weighted by Gasteiger charge is 2.30. The fourth-order valence-corrected chi connectivity index (χ4v) is 6.07. The van der Waals surface area contributed by atoms with Crippen LogP contribution in [0.25, 0.3) is 0 Å². The molecule has 1 aliphatic rings. The number of aryl methyl sites for hydroxylation is 1. The van der Waals surface area contributed by atoms with E-state index in [0.29, 0.717) is 24.5 Å². The minimum atomic E-state index is -3.53. The van der Waals surface area contributed by atoms with Crippen LogP contribution in [0.5, 0.6) is 0 Å². The molecule has 0 saturated heterocycles. The molecule has 0 spiro atoms. The molecule has 3 N–H and O–H groups in total. The molecule has 3 aromatic rings. The maximum atomic E-state index is 13.8. The third kappa shape index (κ3) is 9.95. The van der Waals surface area contributed by atoms with Gasteiger partial charge in [0.1, 0.15) is 18.4 Å². The van der Waals surface area contributed by atoms with Crippen molar-refractivity contribution in [1.29, 1.82) is 0 Å². The lowest BCUT2D eigenvalue weighted by molar-refractivity contribution is -0.129. The molecule has 2 heterocycles. The summed E-state index contributed by atoms with van der Waals surface area (Å²) in [5, 5.41) is 13.2. The van der Waals surface area contributed by atoms with E-state index < -0.39 is 27.8 Å². The van der Waals surface area contributed by atoms with Crippen LogP contribution < -0.4 is 16.0 Å². The highest BCUT2D eigenvalue weighted by molar-refractivity contribution is 7.90. The summed E-state index contributed by atoms with van der Waals surface area (Å²) in [6.07, 6.45) is 2.09. The largest absolute Gasteiger partial charge is 0.354 e. The molecule has 1 aliphatic heterocycles. The van der Waals surface area contributed by atoms with Gasteiger partial charge < -0.3 is 20.9 Å². The Morgan fingerprint density at radius 2 is 1.70 bits per heavy atom. The van der Waals surface area contributed by atoms with Crippen LogP contribution in [0.4, 0.5) is 0 Å². The highest BCUT2D eigenvalue weighted by Crippen LogP contribution is 2.21. The van der Waals surface area contributed by atoms with Gasteiger partial charge in [-0.1, -0.05) is 50.2 Å². The van der Waals surface area contributed by atoms with E-state index in [-0.39, 0.29) is 73.1 Å². The van der Waals surface area contributed by atoms with E-state index in [9.17, 15) is 27.6 Å². The Hall–Kier alpha value is -4.59. The number of nitrogens with one attached hydrogen (secondary N) is 3. The van der Waals surface area contributed by atoms with Crippen molar-refractivity contribution in [2.75, 3.05) is 25.9 Å². The Kier molecular flexibility index (Phi) is 11.9. The number of rotatable bonds is 5. The summed E-state index contributed by atoms with van der Waals surface area (Å²) in [7, 11) is -3.53. The van der Waals surface area contributed by atoms with Gasteiger partial charge in [-0.05, 0) is 49.4 Å². The summed E-state index contributed by atoms with van der Waals surface area (Å²) in [5.74, 6) is -0.673. The van der Waals surface area contributed by atoms with E-state index in [1.807, 2.05) is 44.2 Å². The van der Waals surface area contributed by atoms with Crippen molar-refractivity contribution in [2.45, 2.75) is 70.0 Å². The molecule has 0 saturated carbocycles. The third-order valence-corrected chi connectivity index (χ3v) is 8.94. The number of hydrogen-bond acceptors (Lipinski definition) is 8. The van der Waals surface area contributed by atoms with Gasteiger partial charge >= 0.3 is 0 Å². The first-order valence-electron chi connectivity index (χ1n) is 15.7. The van der Waals surface area contributed by atoms with Crippen LogP contribution in [0.2, 0.25) is 0 Å². The lowest BCUT2D eigenvalue weighted by Gasteiger charge is -2.26. The van der Waals surface area contributed by atoms with Crippen LogP contribution >= 0.6 is 0 Å². The van der Waals surface area contributed by atoms with Gasteiger partial charge in [0, 0.05) is 44.3 Å². The summed E-state index contributed by atoms with van der Waals surface area (Å²) >= 11 is 0. The van der Waals surface area contributed by atoms with E-state index in [4.69, 9.17) is 0 Å². The van der Waals surface area contributed by atoms with Crippen LogP contribution in [-0.2, 0) is 37.2 Å². The Bertz CT molecular complexity index is 1690. The first-order chi connectivity index (χ1) is 22.3. The smallest absolute Gasteiger partial charge is 0.253 e. The minimum Gasteiger partial charge on any atom is -0.354 e. The predicted octanol–water partition coefficient (Wildman–Crippen LogP) is 1.97. The van der Waals surface area contributed by atoms with Gasteiger partial charge in [0.25, 0.3) is 5.91 Å². The lowest BCUT2D eigenvalue weighted by atomic mass is 10.0. The molecular weight excluding hydrogens is 622 g/mol. The van der Waals surface area contributed by atoms with E-state index in [1.165, 1.54) is 22.9 Å². The Labute approximate surface area is 275 Å². The van der Waals surface area contributed by atoms with Gasteiger partial charge in [0.2, 0.25) is 17.7 Å². The normalized spacial score (nSPS) is 19.2. The average Bonchev–Trinajstić information content (AvgIpc) is 3.38. The van der Waals surface area contributed by atoms with Gasteiger partial charge in [-0.25, -0.2) is 18.1 Å². The second kappa shape index (κ2) is 15.8. The first-order valence-corrected chi connectivity index (χ1v) is 17.6. The van der Waals surface area contributed by atoms with Crippen molar-refractivity contribution in [1.82, 2.24) is 35.6 Å². The lowest BCUT2D eigenvalue weighted by Crippen LogP contribution is -2.50. The third-order valence-electron chi connectivity index (χ3n) is 7.83. The average molecular weight is 666 g/mol. The maximum Gasteiger partial charge on any atom is 0.253 e. The number of sulfone groups is 1. The summed E-state index contributed by atoms with van der Waals surface area (Å²) in [5.41, 5.74) is 1.07. The molecule has 0 radical (unpaired) electrons. The monoisotopic (exact) mass is 665 g/mol. The summed E-state index contributed by atoms with van der Waals surface area (Å²) in [6.45, 7) is 6.17. The molecule has 47 heavy (non-hydrogen) atoms. The summed E-state index contributed by atoms with van der Waals surface area (Å²) in [6, 6.07) is 13.7. The van der Waals surface area contributed by atoms with Crippen LogP contribution in [0.15, 0.2) is 59.5 Å². The molecular formula is C33H43N7O6S. The number of carbonyl (C=O) groups is 4. The second-order valence-electron chi connectivity index (χ2n) is 12.1. The molecule has 2 atom stereocenters. The zero-order chi connectivity index (χ0) is 34.1. The Balaban J connectivity index is 1.61. The molecule has 1 aromatic heterocycles.